The normalized spacial score (nSPS) is 20.4. The lowest BCUT2D eigenvalue weighted by Gasteiger charge is -2.34. The van der Waals surface area contributed by atoms with E-state index in [2.05, 4.69) is 26.4 Å². The van der Waals surface area contributed by atoms with Gasteiger partial charge >= 0.3 is 0 Å². The van der Waals surface area contributed by atoms with Gasteiger partial charge in [-0.2, -0.15) is 0 Å². The first-order valence-corrected chi connectivity index (χ1v) is 7.43. The first-order chi connectivity index (χ1) is 9.81. The summed E-state index contributed by atoms with van der Waals surface area (Å²) in [5, 5.41) is 8.61. The summed E-state index contributed by atoms with van der Waals surface area (Å²) in [5.74, 6) is 1.87. The lowest BCUT2D eigenvalue weighted by molar-refractivity contribution is 0.153. The molecule has 3 rings (SSSR count). The van der Waals surface area contributed by atoms with Gasteiger partial charge in [-0.05, 0) is 38.1 Å². The molecule has 0 radical (unpaired) electrons. The summed E-state index contributed by atoms with van der Waals surface area (Å²) in [6.07, 6.45) is 6.83. The van der Waals surface area contributed by atoms with Crippen LogP contribution >= 0.6 is 0 Å². The van der Waals surface area contributed by atoms with E-state index in [0.717, 1.165) is 30.2 Å². The molecule has 5 heteroatoms. The van der Waals surface area contributed by atoms with Crippen molar-refractivity contribution in [2.75, 3.05) is 20.2 Å². The standard InChI is InChI=1S/C15H22N4O/c1-3-18-9-5-4-6-12(18)10-15-17-16-14-8-7-13(20-2)11-19(14)15/h7-8,11-12H,3-6,9-10H2,1-2H3. The molecule has 0 N–H and O–H groups in total. The number of methoxy groups -OCH3 is 1. The van der Waals surface area contributed by atoms with Crippen LogP contribution < -0.4 is 4.74 Å². The highest BCUT2D eigenvalue weighted by molar-refractivity contribution is 5.41. The van der Waals surface area contributed by atoms with Crippen LogP contribution in [-0.2, 0) is 6.42 Å². The van der Waals surface area contributed by atoms with Crippen LogP contribution in [0.1, 0.15) is 32.0 Å². The van der Waals surface area contributed by atoms with Crippen molar-refractivity contribution in [3.8, 4) is 5.75 Å². The van der Waals surface area contributed by atoms with Gasteiger partial charge in [0.05, 0.1) is 13.3 Å². The summed E-state index contributed by atoms with van der Waals surface area (Å²) >= 11 is 0. The number of piperidine rings is 1. The van der Waals surface area contributed by atoms with Gasteiger partial charge in [0.15, 0.2) is 5.65 Å². The molecule has 5 nitrogen and oxygen atoms in total. The Bertz CT molecular complexity index is 580. The third-order valence-electron chi connectivity index (χ3n) is 4.25. The Balaban J connectivity index is 1.86. The molecular weight excluding hydrogens is 252 g/mol. The summed E-state index contributed by atoms with van der Waals surface area (Å²) in [7, 11) is 1.69. The van der Waals surface area contributed by atoms with Crippen molar-refractivity contribution in [2.45, 2.75) is 38.6 Å². The highest BCUT2D eigenvalue weighted by Gasteiger charge is 2.23. The summed E-state index contributed by atoms with van der Waals surface area (Å²) in [4.78, 5) is 2.56. The summed E-state index contributed by atoms with van der Waals surface area (Å²) in [6, 6.07) is 4.47. The minimum absolute atomic E-state index is 0.590. The molecule has 2 aromatic heterocycles. The average Bonchev–Trinajstić information content (AvgIpc) is 2.90. The Kier molecular flexibility index (Phi) is 3.87. The van der Waals surface area contributed by atoms with E-state index in [9.17, 15) is 0 Å². The number of hydrogen-bond donors (Lipinski definition) is 0. The first kappa shape index (κ1) is 13.4. The zero-order valence-electron chi connectivity index (χ0n) is 12.2. The molecule has 0 saturated carbocycles. The molecule has 1 atom stereocenters. The summed E-state index contributed by atoms with van der Waals surface area (Å²) in [6.45, 7) is 4.56. The van der Waals surface area contributed by atoms with Gasteiger partial charge in [-0.3, -0.25) is 4.40 Å². The van der Waals surface area contributed by atoms with E-state index in [4.69, 9.17) is 4.74 Å². The highest BCUT2D eigenvalue weighted by Crippen LogP contribution is 2.21. The smallest absolute Gasteiger partial charge is 0.161 e. The van der Waals surface area contributed by atoms with Crippen molar-refractivity contribution in [1.82, 2.24) is 19.5 Å². The highest BCUT2D eigenvalue weighted by atomic mass is 16.5. The van der Waals surface area contributed by atoms with Crippen LogP contribution in [0.3, 0.4) is 0 Å². The fraction of sp³-hybridized carbons (Fsp3) is 0.600. The van der Waals surface area contributed by atoms with Gasteiger partial charge in [-0.1, -0.05) is 13.3 Å². The van der Waals surface area contributed by atoms with Crippen LogP contribution in [-0.4, -0.2) is 45.7 Å². The maximum Gasteiger partial charge on any atom is 0.161 e. The molecule has 2 aromatic rings. The molecule has 1 saturated heterocycles. The van der Waals surface area contributed by atoms with Gasteiger partial charge in [-0.15, -0.1) is 10.2 Å². The minimum Gasteiger partial charge on any atom is -0.495 e. The predicted octanol–water partition coefficient (Wildman–Crippen LogP) is 2.15. The van der Waals surface area contributed by atoms with Crippen molar-refractivity contribution in [3.05, 3.63) is 24.2 Å². The lowest BCUT2D eigenvalue weighted by atomic mass is 9.99. The Morgan fingerprint density at radius 1 is 1.30 bits per heavy atom. The van der Waals surface area contributed by atoms with Crippen LogP contribution in [0.25, 0.3) is 5.65 Å². The fourth-order valence-corrected chi connectivity index (χ4v) is 3.10. The van der Waals surface area contributed by atoms with E-state index in [1.165, 1.54) is 25.8 Å². The molecule has 0 bridgehead atoms. The number of fused-ring (bicyclic) bond motifs is 1. The number of likely N-dealkylation sites (tertiary alicyclic amines) is 1. The Labute approximate surface area is 119 Å². The Hall–Kier alpha value is -1.62. The number of hydrogen-bond acceptors (Lipinski definition) is 4. The van der Waals surface area contributed by atoms with Gasteiger partial charge in [0.1, 0.15) is 11.6 Å². The Morgan fingerprint density at radius 3 is 3.00 bits per heavy atom. The van der Waals surface area contributed by atoms with E-state index in [0.29, 0.717) is 6.04 Å². The molecule has 20 heavy (non-hydrogen) atoms. The quantitative estimate of drug-likeness (QED) is 0.857. The number of aromatic nitrogens is 3. The zero-order chi connectivity index (χ0) is 13.9. The van der Waals surface area contributed by atoms with Crippen LogP contribution in [0.15, 0.2) is 18.3 Å². The molecule has 0 spiro atoms. The predicted molar refractivity (Wildman–Crippen MR) is 78.1 cm³/mol. The number of pyridine rings is 1. The topological polar surface area (TPSA) is 42.7 Å². The molecule has 1 unspecified atom stereocenters. The molecule has 1 aliphatic rings. The van der Waals surface area contributed by atoms with E-state index < -0.39 is 0 Å². The minimum atomic E-state index is 0.590. The van der Waals surface area contributed by atoms with E-state index >= 15 is 0 Å². The third-order valence-corrected chi connectivity index (χ3v) is 4.25. The van der Waals surface area contributed by atoms with Crippen LogP contribution in [0, 0.1) is 0 Å². The molecule has 108 valence electrons. The van der Waals surface area contributed by atoms with Crippen LogP contribution in [0.2, 0.25) is 0 Å². The SMILES string of the molecule is CCN1CCCCC1Cc1nnc2ccc(OC)cn12. The van der Waals surface area contributed by atoms with Crippen molar-refractivity contribution in [3.63, 3.8) is 0 Å². The van der Waals surface area contributed by atoms with Gasteiger partial charge in [0.25, 0.3) is 0 Å². The summed E-state index contributed by atoms with van der Waals surface area (Å²) < 4.78 is 7.35. The van der Waals surface area contributed by atoms with Crippen LogP contribution in [0.5, 0.6) is 5.75 Å². The first-order valence-electron chi connectivity index (χ1n) is 7.43. The lowest BCUT2D eigenvalue weighted by Crippen LogP contribution is -2.40. The fourth-order valence-electron chi connectivity index (χ4n) is 3.10. The molecular formula is C15H22N4O. The van der Waals surface area contributed by atoms with Crippen molar-refractivity contribution >= 4 is 5.65 Å². The maximum atomic E-state index is 5.29. The van der Waals surface area contributed by atoms with Gasteiger partial charge in [0, 0.05) is 12.5 Å². The van der Waals surface area contributed by atoms with Crippen molar-refractivity contribution in [1.29, 1.82) is 0 Å². The van der Waals surface area contributed by atoms with Gasteiger partial charge < -0.3 is 9.64 Å². The number of nitrogens with zero attached hydrogens (tertiary/aromatic N) is 4. The second-order valence-electron chi connectivity index (χ2n) is 5.40. The molecule has 0 amide bonds. The average molecular weight is 274 g/mol. The number of ether oxygens (including phenoxy) is 1. The van der Waals surface area contributed by atoms with E-state index in [1.807, 2.05) is 18.3 Å². The monoisotopic (exact) mass is 274 g/mol. The van der Waals surface area contributed by atoms with Crippen molar-refractivity contribution < 1.29 is 4.74 Å². The van der Waals surface area contributed by atoms with E-state index in [-0.39, 0.29) is 0 Å². The largest absolute Gasteiger partial charge is 0.495 e. The number of rotatable bonds is 4. The maximum absolute atomic E-state index is 5.29. The molecule has 3 heterocycles. The molecule has 1 aliphatic heterocycles. The second kappa shape index (κ2) is 5.79. The summed E-state index contributed by atoms with van der Waals surface area (Å²) in [5.41, 5.74) is 0.889. The Morgan fingerprint density at radius 2 is 2.20 bits per heavy atom. The van der Waals surface area contributed by atoms with Gasteiger partial charge in [0.2, 0.25) is 0 Å². The molecule has 1 fully saturated rings. The van der Waals surface area contributed by atoms with Crippen molar-refractivity contribution in [2.24, 2.45) is 0 Å². The zero-order valence-corrected chi connectivity index (χ0v) is 12.2. The third kappa shape index (κ3) is 2.50. The van der Waals surface area contributed by atoms with Gasteiger partial charge in [-0.25, -0.2) is 0 Å². The van der Waals surface area contributed by atoms with Crippen LogP contribution in [0.4, 0.5) is 0 Å². The van der Waals surface area contributed by atoms with E-state index in [1.54, 1.807) is 7.11 Å². The molecule has 0 aliphatic carbocycles. The number of likely N-dealkylation sites (N-methyl/N-ethyl adjacent to an activating group) is 1. The second-order valence-corrected chi connectivity index (χ2v) is 5.40. The molecule has 0 aromatic carbocycles.